The fourth-order valence-corrected chi connectivity index (χ4v) is 4.03. The predicted octanol–water partition coefficient (Wildman–Crippen LogP) is 7.79. The topological polar surface area (TPSA) is 27.6 Å². The number of rotatable bonds is 6. The maximum atomic E-state index is 13.7. The molecule has 0 unspecified atom stereocenters. The Morgan fingerprint density at radius 1 is 0.833 bits per heavy atom. The SMILES string of the molecule is Cc1cc(C)c(CN(C)C)c(CC(=Nc2ccccc2C(F)(F)F)Nc2ccccc2C(F)(F)F)c1. The molecular weight excluding hydrogens is 480 g/mol. The highest BCUT2D eigenvalue weighted by Crippen LogP contribution is 2.37. The number of para-hydroxylation sites is 2. The third-order valence-corrected chi connectivity index (χ3v) is 5.52. The Labute approximate surface area is 206 Å². The molecule has 3 rings (SSSR count). The lowest BCUT2D eigenvalue weighted by molar-refractivity contribution is -0.137. The van der Waals surface area contributed by atoms with Gasteiger partial charge in [0.1, 0.15) is 5.84 Å². The van der Waals surface area contributed by atoms with E-state index in [-0.39, 0.29) is 23.6 Å². The van der Waals surface area contributed by atoms with Gasteiger partial charge in [-0.1, -0.05) is 42.0 Å². The third kappa shape index (κ3) is 6.87. The van der Waals surface area contributed by atoms with Crippen molar-refractivity contribution in [3.05, 3.63) is 94.0 Å². The third-order valence-electron chi connectivity index (χ3n) is 5.52. The first-order valence-electron chi connectivity index (χ1n) is 11.2. The van der Waals surface area contributed by atoms with E-state index in [9.17, 15) is 26.3 Å². The second-order valence-electron chi connectivity index (χ2n) is 8.88. The van der Waals surface area contributed by atoms with Crippen molar-refractivity contribution in [3.8, 4) is 0 Å². The quantitative estimate of drug-likeness (QED) is 0.210. The van der Waals surface area contributed by atoms with E-state index in [1.807, 2.05) is 45.0 Å². The minimum atomic E-state index is -4.68. The zero-order valence-electron chi connectivity index (χ0n) is 20.3. The molecule has 0 atom stereocenters. The van der Waals surface area contributed by atoms with Gasteiger partial charge < -0.3 is 10.2 Å². The Bertz CT molecular complexity index is 1240. The van der Waals surface area contributed by atoms with Gasteiger partial charge in [-0.3, -0.25) is 0 Å². The first kappa shape index (κ1) is 27.3. The first-order valence-corrected chi connectivity index (χ1v) is 11.2. The molecular formula is C27H27F6N3. The molecule has 0 aliphatic rings. The van der Waals surface area contributed by atoms with Crippen LogP contribution in [-0.2, 0) is 25.3 Å². The van der Waals surface area contributed by atoms with E-state index in [0.717, 1.165) is 34.4 Å². The van der Waals surface area contributed by atoms with Crippen LogP contribution in [0.2, 0.25) is 0 Å². The molecule has 0 fully saturated rings. The van der Waals surface area contributed by atoms with Gasteiger partial charge in [0.15, 0.2) is 0 Å². The maximum absolute atomic E-state index is 13.7. The van der Waals surface area contributed by atoms with Gasteiger partial charge in [-0.2, -0.15) is 26.3 Å². The number of alkyl halides is 6. The number of benzene rings is 3. The van der Waals surface area contributed by atoms with Crippen molar-refractivity contribution in [3.63, 3.8) is 0 Å². The van der Waals surface area contributed by atoms with Crippen LogP contribution < -0.4 is 5.32 Å². The van der Waals surface area contributed by atoms with E-state index in [2.05, 4.69) is 10.3 Å². The van der Waals surface area contributed by atoms with Crippen molar-refractivity contribution in [1.29, 1.82) is 0 Å². The molecule has 9 heteroatoms. The highest BCUT2D eigenvalue weighted by atomic mass is 19.4. The normalized spacial score (nSPS) is 12.8. The molecule has 0 aliphatic heterocycles. The number of nitrogens with one attached hydrogen (secondary N) is 1. The van der Waals surface area contributed by atoms with E-state index in [4.69, 9.17) is 0 Å². The summed E-state index contributed by atoms with van der Waals surface area (Å²) in [7, 11) is 3.77. The van der Waals surface area contributed by atoms with Crippen LogP contribution in [0, 0.1) is 13.8 Å². The molecule has 3 aromatic rings. The molecule has 0 amide bonds. The average molecular weight is 508 g/mol. The molecule has 0 saturated heterocycles. The van der Waals surface area contributed by atoms with Gasteiger partial charge in [0.2, 0.25) is 0 Å². The van der Waals surface area contributed by atoms with Crippen LogP contribution in [0.3, 0.4) is 0 Å². The average Bonchev–Trinajstić information content (AvgIpc) is 2.75. The molecule has 0 spiro atoms. The van der Waals surface area contributed by atoms with Gasteiger partial charge in [0, 0.05) is 13.0 Å². The van der Waals surface area contributed by atoms with E-state index in [1.165, 1.54) is 36.4 Å². The van der Waals surface area contributed by atoms with Crippen LogP contribution in [0.15, 0.2) is 65.7 Å². The molecule has 3 nitrogen and oxygen atoms in total. The summed E-state index contributed by atoms with van der Waals surface area (Å²) in [5.74, 6) is -0.0339. The molecule has 0 radical (unpaired) electrons. The largest absolute Gasteiger partial charge is 0.418 e. The van der Waals surface area contributed by atoms with E-state index in [1.54, 1.807) is 0 Å². The van der Waals surface area contributed by atoms with Crippen molar-refractivity contribution in [2.75, 3.05) is 19.4 Å². The van der Waals surface area contributed by atoms with Gasteiger partial charge >= 0.3 is 12.4 Å². The number of hydrogen-bond donors (Lipinski definition) is 1. The van der Waals surface area contributed by atoms with Gasteiger partial charge in [-0.25, -0.2) is 4.99 Å². The second kappa shape index (κ2) is 10.7. The van der Waals surface area contributed by atoms with Crippen LogP contribution in [0.25, 0.3) is 0 Å². The fraction of sp³-hybridized carbons (Fsp3) is 0.296. The lowest BCUT2D eigenvalue weighted by Crippen LogP contribution is -2.21. The molecule has 0 aromatic heterocycles. The van der Waals surface area contributed by atoms with Gasteiger partial charge in [-0.05, 0) is 68.9 Å². The predicted molar refractivity (Wildman–Crippen MR) is 131 cm³/mol. The first-order chi connectivity index (χ1) is 16.8. The number of aryl methyl sites for hydroxylation is 2. The molecule has 3 aromatic carbocycles. The minimum Gasteiger partial charge on any atom is -0.343 e. The monoisotopic (exact) mass is 507 g/mol. The number of amidine groups is 1. The molecule has 0 bridgehead atoms. The Hall–Kier alpha value is -3.33. The van der Waals surface area contributed by atoms with Crippen LogP contribution in [0.1, 0.15) is 33.4 Å². The minimum absolute atomic E-state index is 0.00404. The zero-order valence-corrected chi connectivity index (χ0v) is 20.3. The highest BCUT2D eigenvalue weighted by molar-refractivity contribution is 5.99. The summed E-state index contributed by atoms with van der Waals surface area (Å²) in [5.41, 5.74) is 1.04. The van der Waals surface area contributed by atoms with E-state index >= 15 is 0 Å². The summed E-state index contributed by atoms with van der Waals surface area (Å²) in [6.45, 7) is 4.36. The molecule has 0 aliphatic carbocycles. The lowest BCUT2D eigenvalue weighted by atomic mass is 9.95. The lowest BCUT2D eigenvalue weighted by Gasteiger charge is -2.21. The van der Waals surface area contributed by atoms with E-state index < -0.39 is 23.5 Å². The van der Waals surface area contributed by atoms with Gasteiger partial charge in [0.25, 0.3) is 0 Å². The Balaban J connectivity index is 2.18. The number of hydrogen-bond acceptors (Lipinski definition) is 2. The van der Waals surface area contributed by atoms with Crippen LogP contribution in [0.4, 0.5) is 37.7 Å². The fourth-order valence-electron chi connectivity index (χ4n) is 4.03. The summed E-state index contributed by atoms with van der Waals surface area (Å²) in [4.78, 5) is 6.17. The van der Waals surface area contributed by atoms with E-state index in [0.29, 0.717) is 6.54 Å². The standard InChI is InChI=1S/C27H27F6N3/c1-17-13-18(2)20(16-36(3)4)19(14-17)15-25(34-23-11-7-5-9-21(23)26(28,29)30)35-24-12-8-6-10-22(24)27(31,32)33/h5-14H,15-16H2,1-4H3,(H,34,35). The Morgan fingerprint density at radius 2 is 1.42 bits per heavy atom. The Morgan fingerprint density at radius 3 is 2.03 bits per heavy atom. The van der Waals surface area contributed by atoms with Crippen molar-refractivity contribution in [1.82, 2.24) is 4.90 Å². The summed E-state index contributed by atoms with van der Waals surface area (Å²) in [6, 6.07) is 13.4. The summed E-state index contributed by atoms with van der Waals surface area (Å²) in [5, 5.41) is 2.70. The number of anilines is 1. The number of nitrogens with zero attached hydrogens (tertiary/aromatic N) is 2. The Kier molecular flexibility index (Phi) is 8.13. The smallest absolute Gasteiger partial charge is 0.343 e. The van der Waals surface area contributed by atoms with Gasteiger partial charge in [-0.15, -0.1) is 0 Å². The van der Waals surface area contributed by atoms with Crippen molar-refractivity contribution in [2.45, 2.75) is 39.2 Å². The summed E-state index contributed by atoms with van der Waals surface area (Å²) >= 11 is 0. The number of halogens is 6. The maximum Gasteiger partial charge on any atom is 0.418 e. The van der Waals surface area contributed by atoms with Gasteiger partial charge in [0.05, 0.1) is 22.5 Å². The highest BCUT2D eigenvalue weighted by Gasteiger charge is 2.35. The van der Waals surface area contributed by atoms with Crippen molar-refractivity contribution < 1.29 is 26.3 Å². The van der Waals surface area contributed by atoms with Crippen molar-refractivity contribution in [2.24, 2.45) is 4.99 Å². The molecule has 36 heavy (non-hydrogen) atoms. The van der Waals surface area contributed by atoms with Crippen LogP contribution >= 0.6 is 0 Å². The number of aliphatic imine (C=N–C) groups is 1. The second-order valence-corrected chi connectivity index (χ2v) is 8.88. The van der Waals surface area contributed by atoms with Crippen molar-refractivity contribution >= 4 is 17.2 Å². The molecule has 192 valence electrons. The molecule has 0 heterocycles. The van der Waals surface area contributed by atoms with Crippen LogP contribution in [-0.4, -0.2) is 24.8 Å². The summed E-state index contributed by atoms with van der Waals surface area (Å²) < 4.78 is 81.9. The zero-order chi connectivity index (χ0) is 26.7. The van der Waals surface area contributed by atoms with Crippen LogP contribution in [0.5, 0.6) is 0 Å². The molecule has 0 saturated carbocycles. The summed E-state index contributed by atoms with van der Waals surface area (Å²) in [6.07, 6.45) is -9.33. The molecule has 1 N–H and O–H groups in total.